The molecule has 0 heterocycles. The van der Waals surface area contributed by atoms with Crippen LogP contribution in [0.2, 0.25) is 0 Å². The summed E-state index contributed by atoms with van der Waals surface area (Å²) in [6, 6.07) is 0. The van der Waals surface area contributed by atoms with Gasteiger partial charge in [0.05, 0.1) is 6.61 Å². The fourth-order valence-corrected chi connectivity index (χ4v) is 1.76. The second kappa shape index (κ2) is 3.91. The molecule has 1 saturated carbocycles. The van der Waals surface area contributed by atoms with Crippen LogP contribution in [0.15, 0.2) is 12.2 Å². The first kappa shape index (κ1) is 8.79. The first-order valence-corrected chi connectivity index (χ1v) is 4.43. The first-order chi connectivity index (χ1) is 5.33. The first-order valence-electron chi connectivity index (χ1n) is 4.43. The summed E-state index contributed by atoms with van der Waals surface area (Å²) in [7, 11) is 1.80. The highest BCUT2D eigenvalue weighted by molar-refractivity contribution is 4.94. The third kappa shape index (κ3) is 2.06. The van der Waals surface area contributed by atoms with E-state index in [-0.39, 0.29) is 0 Å². The molecule has 0 saturated heterocycles. The van der Waals surface area contributed by atoms with Gasteiger partial charge >= 0.3 is 0 Å². The van der Waals surface area contributed by atoms with Gasteiger partial charge in [0.1, 0.15) is 0 Å². The van der Waals surface area contributed by atoms with Crippen LogP contribution in [0.4, 0.5) is 0 Å². The zero-order valence-corrected chi connectivity index (χ0v) is 7.60. The van der Waals surface area contributed by atoms with Crippen molar-refractivity contribution < 1.29 is 4.74 Å². The molecule has 0 unspecified atom stereocenters. The van der Waals surface area contributed by atoms with Gasteiger partial charge in [0.25, 0.3) is 0 Å². The third-order valence-corrected chi connectivity index (χ3v) is 2.65. The maximum absolute atomic E-state index is 5.21. The minimum Gasteiger partial charge on any atom is -0.384 e. The van der Waals surface area contributed by atoms with Crippen molar-refractivity contribution in [2.45, 2.75) is 32.6 Å². The number of methoxy groups -OCH3 is 1. The molecule has 0 radical (unpaired) electrons. The quantitative estimate of drug-likeness (QED) is 0.566. The largest absolute Gasteiger partial charge is 0.384 e. The van der Waals surface area contributed by atoms with Gasteiger partial charge in [0.2, 0.25) is 0 Å². The molecule has 64 valence electrons. The lowest BCUT2D eigenvalue weighted by molar-refractivity contribution is 0.0199. The van der Waals surface area contributed by atoms with E-state index in [4.69, 9.17) is 4.74 Å². The Morgan fingerprint density at radius 2 is 2.18 bits per heavy atom. The highest BCUT2D eigenvalue weighted by atomic mass is 16.5. The summed E-state index contributed by atoms with van der Waals surface area (Å²) in [5.41, 5.74) is 0.515. The molecule has 1 fully saturated rings. The second-order valence-electron chi connectivity index (χ2n) is 3.56. The molecule has 0 bridgehead atoms. The predicted octanol–water partition coefficient (Wildman–Crippen LogP) is 2.77. The minimum absolute atomic E-state index is 0.515. The summed E-state index contributed by atoms with van der Waals surface area (Å²) < 4.78 is 5.21. The Kier molecular flexibility index (Phi) is 3.13. The number of allylic oxidation sites excluding steroid dienone is 2. The van der Waals surface area contributed by atoms with E-state index >= 15 is 0 Å². The SMILES string of the molecule is C/C=C/CC1(COC)CCC1. The van der Waals surface area contributed by atoms with Gasteiger partial charge in [0.15, 0.2) is 0 Å². The molecule has 1 aliphatic rings. The highest BCUT2D eigenvalue weighted by Gasteiger charge is 2.35. The van der Waals surface area contributed by atoms with Gasteiger partial charge in [-0.15, -0.1) is 0 Å². The summed E-state index contributed by atoms with van der Waals surface area (Å²) in [5.74, 6) is 0. The van der Waals surface area contributed by atoms with E-state index in [0.717, 1.165) is 6.61 Å². The maximum atomic E-state index is 5.21. The summed E-state index contributed by atoms with van der Waals surface area (Å²) in [4.78, 5) is 0. The van der Waals surface area contributed by atoms with Crippen molar-refractivity contribution in [1.29, 1.82) is 0 Å². The number of hydrogen-bond donors (Lipinski definition) is 0. The number of ether oxygens (including phenoxy) is 1. The molecule has 11 heavy (non-hydrogen) atoms. The topological polar surface area (TPSA) is 9.23 Å². The molecule has 0 spiro atoms. The van der Waals surface area contributed by atoms with Crippen molar-refractivity contribution in [3.63, 3.8) is 0 Å². The van der Waals surface area contributed by atoms with Crippen molar-refractivity contribution in [2.24, 2.45) is 5.41 Å². The smallest absolute Gasteiger partial charge is 0.0521 e. The molecule has 0 amide bonds. The van der Waals surface area contributed by atoms with E-state index in [1.165, 1.54) is 25.7 Å². The predicted molar refractivity (Wildman–Crippen MR) is 47.6 cm³/mol. The lowest BCUT2D eigenvalue weighted by Gasteiger charge is -2.40. The fraction of sp³-hybridized carbons (Fsp3) is 0.800. The van der Waals surface area contributed by atoms with E-state index in [1.807, 2.05) is 0 Å². The molecule has 0 aromatic heterocycles. The normalized spacial score (nSPS) is 22.0. The standard InChI is InChI=1S/C10H18O/c1-3-4-6-10(9-11-2)7-5-8-10/h3-4H,5-9H2,1-2H3/b4-3+. The average molecular weight is 154 g/mol. The van der Waals surface area contributed by atoms with Crippen molar-refractivity contribution >= 4 is 0 Å². The lowest BCUT2D eigenvalue weighted by Crippen LogP contribution is -2.33. The van der Waals surface area contributed by atoms with Crippen LogP contribution < -0.4 is 0 Å². The summed E-state index contributed by atoms with van der Waals surface area (Å²) in [6.07, 6.45) is 9.70. The van der Waals surface area contributed by atoms with Crippen LogP contribution in [-0.2, 0) is 4.74 Å². The van der Waals surface area contributed by atoms with Crippen LogP contribution in [-0.4, -0.2) is 13.7 Å². The Morgan fingerprint density at radius 3 is 2.55 bits per heavy atom. The zero-order chi connectivity index (χ0) is 8.16. The van der Waals surface area contributed by atoms with Crippen LogP contribution in [0, 0.1) is 5.41 Å². The van der Waals surface area contributed by atoms with Gasteiger partial charge in [0, 0.05) is 7.11 Å². The molecule has 1 nitrogen and oxygen atoms in total. The van der Waals surface area contributed by atoms with E-state index in [1.54, 1.807) is 7.11 Å². The average Bonchev–Trinajstić information content (AvgIpc) is 1.95. The van der Waals surface area contributed by atoms with Crippen LogP contribution in [0.1, 0.15) is 32.6 Å². The van der Waals surface area contributed by atoms with E-state index in [0.29, 0.717) is 5.41 Å². The van der Waals surface area contributed by atoms with Gasteiger partial charge in [-0.1, -0.05) is 18.6 Å². The highest BCUT2D eigenvalue weighted by Crippen LogP contribution is 2.44. The van der Waals surface area contributed by atoms with Crippen LogP contribution in [0.3, 0.4) is 0 Å². The fourth-order valence-electron chi connectivity index (χ4n) is 1.76. The van der Waals surface area contributed by atoms with Crippen LogP contribution in [0.25, 0.3) is 0 Å². The van der Waals surface area contributed by atoms with Gasteiger partial charge < -0.3 is 4.74 Å². The molecular formula is C10H18O. The molecule has 0 aromatic rings. The van der Waals surface area contributed by atoms with E-state index < -0.39 is 0 Å². The van der Waals surface area contributed by atoms with Gasteiger partial charge in [-0.2, -0.15) is 0 Å². The number of hydrogen-bond acceptors (Lipinski definition) is 1. The molecule has 0 atom stereocenters. The molecule has 0 N–H and O–H groups in total. The Hall–Kier alpha value is -0.300. The molecule has 1 heteroatoms. The molecular weight excluding hydrogens is 136 g/mol. The summed E-state index contributed by atoms with van der Waals surface area (Å²) >= 11 is 0. The van der Waals surface area contributed by atoms with Crippen molar-refractivity contribution in [1.82, 2.24) is 0 Å². The van der Waals surface area contributed by atoms with Gasteiger partial charge in [-0.25, -0.2) is 0 Å². The molecule has 0 aromatic carbocycles. The number of rotatable bonds is 4. The Labute approximate surface area is 69.4 Å². The third-order valence-electron chi connectivity index (χ3n) is 2.65. The Balaban J connectivity index is 2.33. The minimum atomic E-state index is 0.515. The van der Waals surface area contributed by atoms with Crippen molar-refractivity contribution in [3.05, 3.63) is 12.2 Å². The Morgan fingerprint density at radius 1 is 1.45 bits per heavy atom. The van der Waals surface area contributed by atoms with Crippen LogP contribution in [0.5, 0.6) is 0 Å². The molecule has 1 aliphatic carbocycles. The molecule has 1 rings (SSSR count). The van der Waals surface area contributed by atoms with Gasteiger partial charge in [-0.05, 0) is 31.6 Å². The van der Waals surface area contributed by atoms with Crippen molar-refractivity contribution in [3.8, 4) is 0 Å². The van der Waals surface area contributed by atoms with Gasteiger partial charge in [-0.3, -0.25) is 0 Å². The van der Waals surface area contributed by atoms with E-state index in [2.05, 4.69) is 19.1 Å². The van der Waals surface area contributed by atoms with Crippen molar-refractivity contribution in [2.75, 3.05) is 13.7 Å². The zero-order valence-electron chi connectivity index (χ0n) is 7.60. The second-order valence-corrected chi connectivity index (χ2v) is 3.56. The van der Waals surface area contributed by atoms with Crippen LogP contribution >= 0.6 is 0 Å². The molecule has 0 aliphatic heterocycles. The lowest BCUT2D eigenvalue weighted by atomic mass is 9.67. The Bertz CT molecular complexity index is 134. The summed E-state index contributed by atoms with van der Waals surface area (Å²) in [6.45, 7) is 3.02. The monoisotopic (exact) mass is 154 g/mol. The van der Waals surface area contributed by atoms with E-state index in [9.17, 15) is 0 Å². The maximum Gasteiger partial charge on any atom is 0.0521 e. The summed E-state index contributed by atoms with van der Waals surface area (Å²) in [5, 5.41) is 0.